The molecule has 3 rings (SSSR count). The van der Waals surface area contributed by atoms with Crippen molar-refractivity contribution >= 4 is 11.7 Å². The Morgan fingerprint density at radius 1 is 1.29 bits per heavy atom. The minimum atomic E-state index is -0.827. The highest BCUT2D eigenvalue weighted by Gasteiger charge is 2.48. The maximum atomic E-state index is 12.1. The Morgan fingerprint density at radius 3 is 2.38 bits per heavy atom. The van der Waals surface area contributed by atoms with Gasteiger partial charge in [0.2, 0.25) is 0 Å². The van der Waals surface area contributed by atoms with Gasteiger partial charge < -0.3 is 9.72 Å². The Morgan fingerprint density at radius 2 is 1.90 bits per heavy atom. The lowest BCUT2D eigenvalue weighted by atomic mass is 9.83. The summed E-state index contributed by atoms with van der Waals surface area (Å²) in [7, 11) is 0. The highest BCUT2D eigenvalue weighted by Crippen LogP contribution is 2.50. The van der Waals surface area contributed by atoms with Crippen LogP contribution in [-0.4, -0.2) is 15.9 Å². The SMILES string of the molecule is CC(C)(C)C1OC(=O)c2c1c(C1CC1)[nH]c(=O)c2[N+](=O)[O-]. The number of aromatic nitrogens is 1. The van der Waals surface area contributed by atoms with E-state index in [-0.39, 0.29) is 11.5 Å². The molecule has 0 bridgehead atoms. The van der Waals surface area contributed by atoms with Crippen molar-refractivity contribution in [2.45, 2.75) is 45.6 Å². The van der Waals surface area contributed by atoms with Gasteiger partial charge >= 0.3 is 17.2 Å². The van der Waals surface area contributed by atoms with Crippen LogP contribution in [0.5, 0.6) is 0 Å². The van der Waals surface area contributed by atoms with E-state index in [0.29, 0.717) is 11.3 Å². The molecule has 1 saturated carbocycles. The van der Waals surface area contributed by atoms with Crippen LogP contribution in [-0.2, 0) is 4.74 Å². The summed E-state index contributed by atoms with van der Waals surface area (Å²) in [4.78, 5) is 37.1. The molecule has 0 saturated heterocycles. The summed E-state index contributed by atoms with van der Waals surface area (Å²) >= 11 is 0. The highest BCUT2D eigenvalue weighted by molar-refractivity contribution is 5.98. The molecule has 1 aromatic rings. The van der Waals surface area contributed by atoms with Crippen molar-refractivity contribution in [1.82, 2.24) is 4.98 Å². The second-order valence-electron chi connectivity index (χ2n) is 6.69. The van der Waals surface area contributed by atoms with Gasteiger partial charge in [-0.2, -0.15) is 0 Å². The average molecular weight is 292 g/mol. The molecule has 1 aromatic heterocycles. The fraction of sp³-hybridized carbons (Fsp3) is 0.571. The Bertz CT molecular complexity index is 709. The van der Waals surface area contributed by atoms with Crippen LogP contribution in [0.25, 0.3) is 0 Å². The van der Waals surface area contributed by atoms with Crippen molar-refractivity contribution < 1.29 is 14.5 Å². The summed E-state index contributed by atoms with van der Waals surface area (Å²) < 4.78 is 5.36. The molecular formula is C14H16N2O5. The predicted octanol–water partition coefficient (Wildman–Crippen LogP) is 2.42. The lowest BCUT2D eigenvalue weighted by Gasteiger charge is -2.27. The molecule has 7 heteroatoms. The number of pyridine rings is 1. The summed E-state index contributed by atoms with van der Waals surface area (Å²) in [5.41, 5.74) is -0.965. The van der Waals surface area contributed by atoms with Crippen molar-refractivity contribution in [3.63, 3.8) is 0 Å². The van der Waals surface area contributed by atoms with Gasteiger partial charge in [0.1, 0.15) is 6.10 Å². The predicted molar refractivity (Wildman–Crippen MR) is 73.3 cm³/mol. The number of ether oxygens (including phenoxy) is 1. The molecule has 1 aliphatic heterocycles. The minimum absolute atomic E-state index is 0.159. The average Bonchev–Trinajstić information content (AvgIpc) is 3.12. The van der Waals surface area contributed by atoms with Gasteiger partial charge in [-0.3, -0.25) is 14.9 Å². The fourth-order valence-electron chi connectivity index (χ4n) is 2.81. The second kappa shape index (κ2) is 4.16. The van der Waals surface area contributed by atoms with Crippen molar-refractivity contribution in [1.29, 1.82) is 0 Å². The van der Waals surface area contributed by atoms with Gasteiger partial charge in [0.25, 0.3) is 0 Å². The lowest BCUT2D eigenvalue weighted by molar-refractivity contribution is -0.386. The first-order chi connectivity index (χ1) is 9.71. The monoisotopic (exact) mass is 292 g/mol. The van der Waals surface area contributed by atoms with Crippen LogP contribution >= 0.6 is 0 Å². The molecule has 0 amide bonds. The summed E-state index contributed by atoms with van der Waals surface area (Å²) in [5, 5.41) is 11.2. The third kappa shape index (κ3) is 2.03. The first kappa shape index (κ1) is 13.8. The molecule has 1 N–H and O–H groups in total. The maximum absolute atomic E-state index is 12.1. The normalized spacial score (nSPS) is 21.1. The number of carbonyl (C=O) groups excluding carboxylic acids is 1. The molecule has 1 fully saturated rings. The van der Waals surface area contributed by atoms with Gasteiger partial charge in [-0.05, 0) is 18.8 Å². The number of nitrogens with one attached hydrogen (secondary N) is 1. The van der Waals surface area contributed by atoms with E-state index in [9.17, 15) is 19.7 Å². The molecule has 1 atom stereocenters. The number of aromatic amines is 1. The van der Waals surface area contributed by atoms with E-state index >= 15 is 0 Å². The van der Waals surface area contributed by atoms with Crippen LogP contribution in [0.1, 0.15) is 67.3 Å². The van der Waals surface area contributed by atoms with Crippen LogP contribution < -0.4 is 5.56 Å². The molecule has 7 nitrogen and oxygen atoms in total. The lowest BCUT2D eigenvalue weighted by Crippen LogP contribution is -2.22. The summed E-state index contributed by atoms with van der Waals surface area (Å²) in [6.07, 6.45) is 1.24. The van der Waals surface area contributed by atoms with Crippen LogP contribution in [0, 0.1) is 15.5 Å². The van der Waals surface area contributed by atoms with Gasteiger partial charge in [0.15, 0.2) is 5.56 Å². The minimum Gasteiger partial charge on any atom is -0.453 e. The molecule has 1 unspecified atom stereocenters. The summed E-state index contributed by atoms with van der Waals surface area (Å²) in [6, 6.07) is 0. The van der Waals surface area contributed by atoms with Gasteiger partial charge in [-0.1, -0.05) is 20.8 Å². The van der Waals surface area contributed by atoms with E-state index in [2.05, 4.69) is 4.98 Å². The van der Waals surface area contributed by atoms with Crippen molar-refractivity contribution in [3.05, 3.63) is 37.3 Å². The zero-order chi connectivity index (χ0) is 15.5. The second-order valence-corrected chi connectivity index (χ2v) is 6.69. The van der Waals surface area contributed by atoms with Gasteiger partial charge in [0, 0.05) is 16.7 Å². The first-order valence-corrected chi connectivity index (χ1v) is 6.87. The Hall–Kier alpha value is -2.18. The molecule has 0 aromatic carbocycles. The molecule has 0 spiro atoms. The van der Waals surface area contributed by atoms with Gasteiger partial charge in [-0.25, -0.2) is 4.79 Å². The van der Waals surface area contributed by atoms with E-state index in [1.807, 2.05) is 20.8 Å². The third-order valence-corrected chi connectivity index (χ3v) is 3.91. The highest BCUT2D eigenvalue weighted by atomic mass is 16.6. The van der Waals surface area contributed by atoms with E-state index in [0.717, 1.165) is 12.8 Å². The third-order valence-electron chi connectivity index (χ3n) is 3.91. The first-order valence-electron chi connectivity index (χ1n) is 6.87. The number of nitro groups is 1. The van der Waals surface area contributed by atoms with Crippen LogP contribution in [0.3, 0.4) is 0 Å². The largest absolute Gasteiger partial charge is 0.453 e. The molecule has 0 radical (unpaired) electrons. The van der Waals surface area contributed by atoms with Gasteiger partial charge in [0.05, 0.1) is 4.92 Å². The summed E-state index contributed by atoms with van der Waals surface area (Å²) in [5.74, 6) is -0.615. The van der Waals surface area contributed by atoms with Crippen molar-refractivity contribution in [2.75, 3.05) is 0 Å². The molecule has 21 heavy (non-hydrogen) atoms. The summed E-state index contributed by atoms with van der Waals surface area (Å²) in [6.45, 7) is 5.69. The number of fused-ring (bicyclic) bond motifs is 1. The molecule has 1 aliphatic carbocycles. The molecule has 2 heterocycles. The zero-order valence-electron chi connectivity index (χ0n) is 12.1. The number of cyclic esters (lactones) is 1. The zero-order valence-corrected chi connectivity index (χ0v) is 12.1. The van der Waals surface area contributed by atoms with Crippen LogP contribution in [0.2, 0.25) is 0 Å². The Balaban J connectivity index is 2.34. The number of hydrogen-bond donors (Lipinski definition) is 1. The number of esters is 1. The molecular weight excluding hydrogens is 276 g/mol. The topological polar surface area (TPSA) is 102 Å². The van der Waals surface area contributed by atoms with Gasteiger partial charge in [-0.15, -0.1) is 0 Å². The number of hydrogen-bond acceptors (Lipinski definition) is 5. The fourth-order valence-corrected chi connectivity index (χ4v) is 2.81. The standard InChI is InChI=1S/C14H16N2O5/c1-14(2,3)11-7-8(13(18)21-11)10(16(19)20)12(17)15-9(7)6-4-5-6/h6,11H,4-5H2,1-3H3,(H,15,17). The van der Waals surface area contributed by atoms with E-state index in [1.54, 1.807) is 0 Å². The quantitative estimate of drug-likeness (QED) is 0.512. The number of nitrogens with zero attached hydrogens (tertiary/aromatic N) is 1. The number of carbonyl (C=O) groups is 1. The van der Waals surface area contributed by atoms with Crippen LogP contribution in [0.4, 0.5) is 5.69 Å². The van der Waals surface area contributed by atoms with E-state index in [1.165, 1.54) is 0 Å². The molecule has 2 aliphatic rings. The van der Waals surface area contributed by atoms with E-state index in [4.69, 9.17) is 4.74 Å². The smallest absolute Gasteiger partial charge is 0.348 e. The van der Waals surface area contributed by atoms with E-state index < -0.39 is 33.7 Å². The van der Waals surface area contributed by atoms with Crippen molar-refractivity contribution in [2.24, 2.45) is 5.41 Å². The maximum Gasteiger partial charge on any atom is 0.348 e. The Labute approximate surface area is 120 Å². The van der Waals surface area contributed by atoms with Crippen molar-refractivity contribution in [3.8, 4) is 0 Å². The number of H-pyrrole nitrogens is 1. The number of rotatable bonds is 2. The van der Waals surface area contributed by atoms with Crippen LogP contribution in [0.15, 0.2) is 4.79 Å². The Kier molecular flexibility index (Phi) is 2.73. The molecule has 112 valence electrons.